The van der Waals surface area contributed by atoms with Crippen molar-refractivity contribution in [3.05, 3.63) is 11.7 Å². The summed E-state index contributed by atoms with van der Waals surface area (Å²) in [7, 11) is 0. The summed E-state index contributed by atoms with van der Waals surface area (Å²) in [6, 6.07) is 0. The molecule has 1 aliphatic rings. The van der Waals surface area contributed by atoms with Crippen molar-refractivity contribution in [3.8, 4) is 0 Å². The first kappa shape index (κ1) is 11.0. The summed E-state index contributed by atoms with van der Waals surface area (Å²) in [5.41, 5.74) is -0.0519. The molecule has 2 heterocycles. The van der Waals surface area contributed by atoms with Crippen LogP contribution in [0.1, 0.15) is 37.9 Å². The molecule has 1 N–H and O–H groups in total. The Hall–Kier alpha value is -0.550. The molecule has 1 saturated heterocycles. The fourth-order valence-electron chi connectivity index (χ4n) is 2.08. The van der Waals surface area contributed by atoms with Crippen molar-refractivity contribution >= 4 is 11.8 Å². The Morgan fingerprint density at radius 2 is 2.47 bits per heavy atom. The highest BCUT2D eigenvalue weighted by atomic mass is 32.2. The summed E-state index contributed by atoms with van der Waals surface area (Å²) in [6.07, 6.45) is 5.34. The highest BCUT2D eigenvalue weighted by molar-refractivity contribution is 7.97. The second-order valence-corrected chi connectivity index (χ2v) is 4.78. The number of nitrogens with zero attached hydrogens (tertiary/aromatic N) is 2. The van der Waals surface area contributed by atoms with E-state index in [0.29, 0.717) is 0 Å². The largest absolute Gasteiger partial charge is 0.337 e. The van der Waals surface area contributed by atoms with E-state index in [0.717, 1.165) is 36.9 Å². The fourth-order valence-corrected chi connectivity index (χ4v) is 2.45. The molecule has 1 unspecified atom stereocenters. The fraction of sp³-hybridized carbons (Fsp3) is 0.800. The first-order chi connectivity index (χ1) is 7.30. The maximum Gasteiger partial charge on any atom is 0.246 e. The van der Waals surface area contributed by atoms with Crippen LogP contribution in [-0.2, 0) is 11.3 Å². The summed E-state index contributed by atoms with van der Waals surface area (Å²) in [4.78, 5) is 4.46. The van der Waals surface area contributed by atoms with Crippen LogP contribution >= 0.6 is 11.8 Å². The monoisotopic (exact) mass is 227 g/mol. The zero-order valence-corrected chi connectivity index (χ0v) is 10.1. The number of hydrogen-bond donors (Lipinski definition) is 1. The van der Waals surface area contributed by atoms with E-state index in [2.05, 4.69) is 22.4 Å². The van der Waals surface area contributed by atoms with E-state index in [1.807, 2.05) is 6.26 Å². The van der Waals surface area contributed by atoms with Crippen molar-refractivity contribution < 1.29 is 4.52 Å². The van der Waals surface area contributed by atoms with Crippen LogP contribution in [0.15, 0.2) is 4.52 Å². The van der Waals surface area contributed by atoms with Gasteiger partial charge in [0.15, 0.2) is 5.82 Å². The van der Waals surface area contributed by atoms with Gasteiger partial charge in [-0.25, -0.2) is 0 Å². The lowest BCUT2D eigenvalue weighted by Gasteiger charge is -2.22. The van der Waals surface area contributed by atoms with Crippen LogP contribution in [0.5, 0.6) is 0 Å². The van der Waals surface area contributed by atoms with E-state index in [1.54, 1.807) is 11.8 Å². The summed E-state index contributed by atoms with van der Waals surface area (Å²) in [5, 5.41) is 7.49. The van der Waals surface area contributed by atoms with Crippen molar-refractivity contribution in [2.75, 3.05) is 12.8 Å². The molecule has 15 heavy (non-hydrogen) atoms. The smallest absolute Gasteiger partial charge is 0.246 e. The lowest BCUT2D eigenvalue weighted by atomic mass is 9.94. The van der Waals surface area contributed by atoms with Crippen molar-refractivity contribution in [2.45, 2.75) is 37.5 Å². The van der Waals surface area contributed by atoms with Gasteiger partial charge in [-0.15, -0.1) is 0 Å². The molecule has 1 fully saturated rings. The lowest BCUT2D eigenvalue weighted by Crippen LogP contribution is -2.36. The molecule has 1 atom stereocenters. The minimum atomic E-state index is -0.0519. The molecule has 0 bridgehead atoms. The van der Waals surface area contributed by atoms with Gasteiger partial charge in [-0.3, -0.25) is 0 Å². The zero-order chi connectivity index (χ0) is 10.7. The first-order valence-electron chi connectivity index (χ1n) is 5.38. The molecule has 0 radical (unpaired) electrons. The Bertz CT molecular complexity index is 320. The predicted molar refractivity (Wildman–Crippen MR) is 60.7 cm³/mol. The van der Waals surface area contributed by atoms with Gasteiger partial charge < -0.3 is 9.84 Å². The third-order valence-corrected chi connectivity index (χ3v) is 3.55. The van der Waals surface area contributed by atoms with E-state index in [4.69, 9.17) is 4.52 Å². The summed E-state index contributed by atoms with van der Waals surface area (Å²) in [6.45, 7) is 3.21. The maximum atomic E-state index is 5.36. The molecular formula is C10H17N3OS. The van der Waals surface area contributed by atoms with Crippen LogP contribution in [0.2, 0.25) is 0 Å². The highest BCUT2D eigenvalue weighted by Gasteiger charge is 2.38. The van der Waals surface area contributed by atoms with Crippen LogP contribution in [0, 0.1) is 0 Å². The van der Waals surface area contributed by atoms with Gasteiger partial charge in [0.2, 0.25) is 5.89 Å². The molecular weight excluding hydrogens is 210 g/mol. The van der Waals surface area contributed by atoms with E-state index in [9.17, 15) is 0 Å². The molecule has 1 aliphatic heterocycles. The molecule has 0 saturated carbocycles. The Kier molecular flexibility index (Phi) is 3.31. The van der Waals surface area contributed by atoms with Gasteiger partial charge >= 0.3 is 0 Å². The third-order valence-electron chi connectivity index (χ3n) is 3.00. The van der Waals surface area contributed by atoms with Crippen LogP contribution in [0.25, 0.3) is 0 Å². The topological polar surface area (TPSA) is 51.0 Å². The van der Waals surface area contributed by atoms with Gasteiger partial charge in [0, 0.05) is 0 Å². The van der Waals surface area contributed by atoms with Crippen LogP contribution < -0.4 is 5.32 Å². The number of aromatic nitrogens is 2. The zero-order valence-electron chi connectivity index (χ0n) is 9.25. The molecule has 0 aromatic carbocycles. The van der Waals surface area contributed by atoms with Gasteiger partial charge in [0.1, 0.15) is 0 Å². The number of thioether (sulfide) groups is 1. The SMILES string of the molecule is CCC1(c2nc(CSC)no2)CCCN1. The summed E-state index contributed by atoms with van der Waals surface area (Å²) in [5.74, 6) is 2.40. The van der Waals surface area contributed by atoms with Crippen LogP contribution in [0.4, 0.5) is 0 Å². The quantitative estimate of drug-likeness (QED) is 0.851. The molecule has 1 aromatic rings. The molecule has 1 aromatic heterocycles. The summed E-state index contributed by atoms with van der Waals surface area (Å²) < 4.78 is 5.36. The average molecular weight is 227 g/mol. The van der Waals surface area contributed by atoms with E-state index >= 15 is 0 Å². The average Bonchev–Trinajstić information content (AvgIpc) is 2.86. The van der Waals surface area contributed by atoms with Crippen molar-refractivity contribution in [1.82, 2.24) is 15.5 Å². The van der Waals surface area contributed by atoms with Gasteiger partial charge in [0.25, 0.3) is 0 Å². The minimum absolute atomic E-state index is 0.0519. The normalized spacial score (nSPS) is 26.0. The molecule has 84 valence electrons. The second kappa shape index (κ2) is 4.53. The Balaban J connectivity index is 2.19. The van der Waals surface area contributed by atoms with E-state index in [-0.39, 0.29) is 5.54 Å². The molecule has 5 heteroatoms. The Morgan fingerprint density at radius 1 is 1.60 bits per heavy atom. The van der Waals surface area contributed by atoms with Gasteiger partial charge in [0.05, 0.1) is 11.3 Å². The molecule has 0 aliphatic carbocycles. The maximum absolute atomic E-state index is 5.36. The number of nitrogens with one attached hydrogen (secondary N) is 1. The van der Waals surface area contributed by atoms with Gasteiger partial charge in [-0.1, -0.05) is 12.1 Å². The van der Waals surface area contributed by atoms with Crippen molar-refractivity contribution in [2.24, 2.45) is 0 Å². The Morgan fingerprint density at radius 3 is 3.07 bits per heavy atom. The first-order valence-corrected chi connectivity index (χ1v) is 6.77. The minimum Gasteiger partial charge on any atom is -0.337 e. The van der Waals surface area contributed by atoms with E-state index in [1.165, 1.54) is 6.42 Å². The highest BCUT2D eigenvalue weighted by Crippen LogP contribution is 2.32. The van der Waals surface area contributed by atoms with Gasteiger partial charge in [-0.05, 0) is 32.1 Å². The number of hydrogen-bond acceptors (Lipinski definition) is 5. The van der Waals surface area contributed by atoms with Gasteiger partial charge in [-0.2, -0.15) is 16.7 Å². The number of rotatable bonds is 4. The standard InChI is InChI=1S/C10H17N3OS/c1-3-10(5-4-6-11-10)9-12-8(7-15-2)13-14-9/h11H,3-7H2,1-2H3. The summed E-state index contributed by atoms with van der Waals surface area (Å²) >= 11 is 1.71. The molecule has 4 nitrogen and oxygen atoms in total. The molecule has 2 rings (SSSR count). The van der Waals surface area contributed by atoms with Crippen molar-refractivity contribution in [3.63, 3.8) is 0 Å². The van der Waals surface area contributed by atoms with E-state index < -0.39 is 0 Å². The van der Waals surface area contributed by atoms with Crippen LogP contribution in [-0.4, -0.2) is 22.9 Å². The second-order valence-electron chi connectivity index (χ2n) is 3.91. The molecule has 0 spiro atoms. The lowest BCUT2D eigenvalue weighted by molar-refractivity contribution is 0.249. The van der Waals surface area contributed by atoms with Crippen LogP contribution in [0.3, 0.4) is 0 Å². The Labute approximate surface area is 94.2 Å². The van der Waals surface area contributed by atoms with Crippen molar-refractivity contribution in [1.29, 1.82) is 0 Å². The predicted octanol–water partition coefficient (Wildman–Crippen LogP) is 1.92. The molecule has 0 amide bonds. The third kappa shape index (κ3) is 2.03.